The van der Waals surface area contributed by atoms with Gasteiger partial charge in [-0.1, -0.05) is 12.8 Å². The molecule has 2 nitrogen and oxygen atoms in total. The van der Waals surface area contributed by atoms with Crippen LogP contribution < -0.4 is 0 Å². The Morgan fingerprint density at radius 3 is 2.88 bits per heavy atom. The van der Waals surface area contributed by atoms with Crippen molar-refractivity contribution in [1.29, 1.82) is 0 Å². The van der Waals surface area contributed by atoms with Crippen LogP contribution in [0.2, 0.25) is 0 Å². The lowest BCUT2D eigenvalue weighted by atomic mass is 10.6. The van der Waals surface area contributed by atoms with Crippen LogP contribution in [0.1, 0.15) is 0 Å². The SMILES string of the molecule is SC1=CC=NCN1S. The zero-order chi connectivity index (χ0) is 5.98. The van der Waals surface area contributed by atoms with E-state index >= 15 is 0 Å². The summed E-state index contributed by atoms with van der Waals surface area (Å²) in [6.07, 6.45) is 3.51. The normalized spacial score (nSPS) is 18.8. The number of hydrogen-bond donors (Lipinski definition) is 2. The molecule has 0 aromatic rings. The Morgan fingerprint density at radius 2 is 2.50 bits per heavy atom. The summed E-state index contributed by atoms with van der Waals surface area (Å²) in [7, 11) is 0. The van der Waals surface area contributed by atoms with Crippen molar-refractivity contribution in [2.24, 2.45) is 4.99 Å². The lowest BCUT2D eigenvalue weighted by Crippen LogP contribution is -2.11. The molecule has 4 heteroatoms. The second-order valence-electron chi connectivity index (χ2n) is 1.40. The Balaban J connectivity index is 2.66. The summed E-state index contributed by atoms with van der Waals surface area (Å²) in [6.45, 7) is 0.596. The third kappa shape index (κ3) is 1.20. The van der Waals surface area contributed by atoms with Crippen LogP contribution >= 0.6 is 25.4 Å². The van der Waals surface area contributed by atoms with Gasteiger partial charge < -0.3 is 0 Å². The average molecular weight is 146 g/mol. The summed E-state index contributed by atoms with van der Waals surface area (Å²) in [6, 6.07) is 0. The minimum absolute atomic E-state index is 0.596. The van der Waals surface area contributed by atoms with E-state index in [-0.39, 0.29) is 0 Å². The molecule has 0 atom stereocenters. The first-order valence-corrected chi connectivity index (χ1v) is 3.01. The minimum atomic E-state index is 0.596. The van der Waals surface area contributed by atoms with E-state index < -0.39 is 0 Å². The number of allylic oxidation sites excluding steroid dienone is 1. The number of rotatable bonds is 0. The Labute approximate surface area is 59.2 Å². The van der Waals surface area contributed by atoms with Gasteiger partial charge in [-0.3, -0.25) is 9.30 Å². The van der Waals surface area contributed by atoms with Crippen LogP contribution in [0.15, 0.2) is 16.1 Å². The second kappa shape index (κ2) is 2.46. The summed E-state index contributed by atoms with van der Waals surface area (Å²) in [5, 5.41) is 0.836. The number of nitrogens with zero attached hydrogens (tertiary/aromatic N) is 2. The topological polar surface area (TPSA) is 15.6 Å². The van der Waals surface area contributed by atoms with Gasteiger partial charge in [-0.2, -0.15) is 0 Å². The largest absolute Gasteiger partial charge is 0.292 e. The fourth-order valence-corrected chi connectivity index (χ4v) is 0.672. The molecule has 1 rings (SSSR count). The lowest BCUT2D eigenvalue weighted by molar-refractivity contribution is 0.633. The van der Waals surface area contributed by atoms with Crippen molar-refractivity contribution in [2.45, 2.75) is 0 Å². The van der Waals surface area contributed by atoms with Crippen molar-refractivity contribution in [3.05, 3.63) is 11.1 Å². The van der Waals surface area contributed by atoms with E-state index in [4.69, 9.17) is 0 Å². The molecule has 0 N–H and O–H groups in total. The molecule has 1 aliphatic heterocycles. The van der Waals surface area contributed by atoms with Crippen LogP contribution in [0, 0.1) is 0 Å². The monoisotopic (exact) mass is 146 g/mol. The summed E-state index contributed by atoms with van der Waals surface area (Å²) < 4.78 is 1.66. The summed E-state index contributed by atoms with van der Waals surface area (Å²) >= 11 is 8.11. The fraction of sp³-hybridized carbons (Fsp3) is 0.250. The highest BCUT2D eigenvalue weighted by molar-refractivity contribution is 7.86. The second-order valence-corrected chi connectivity index (χ2v) is 2.34. The van der Waals surface area contributed by atoms with Crippen molar-refractivity contribution in [3.8, 4) is 0 Å². The van der Waals surface area contributed by atoms with Gasteiger partial charge in [0.05, 0.1) is 5.03 Å². The maximum absolute atomic E-state index is 4.08. The highest BCUT2D eigenvalue weighted by atomic mass is 32.1. The van der Waals surface area contributed by atoms with Crippen LogP contribution in [-0.2, 0) is 0 Å². The van der Waals surface area contributed by atoms with Crippen LogP contribution in [-0.4, -0.2) is 17.2 Å². The Kier molecular flexibility index (Phi) is 1.85. The standard InChI is InChI=1S/C4H6N2S2/c7-4-1-2-5-3-6(4)8/h1-2,7-8H,3H2. The first kappa shape index (κ1) is 6.04. The molecule has 8 heavy (non-hydrogen) atoms. The maximum Gasteiger partial charge on any atom is 0.120 e. The number of thiol groups is 2. The Morgan fingerprint density at radius 1 is 1.75 bits per heavy atom. The van der Waals surface area contributed by atoms with Gasteiger partial charge in [0.2, 0.25) is 0 Å². The van der Waals surface area contributed by atoms with E-state index in [1.165, 1.54) is 0 Å². The zero-order valence-corrected chi connectivity index (χ0v) is 5.94. The van der Waals surface area contributed by atoms with E-state index in [0.717, 1.165) is 5.03 Å². The van der Waals surface area contributed by atoms with Crippen LogP contribution in [0.4, 0.5) is 0 Å². The molecular formula is C4H6N2S2. The molecule has 0 aromatic heterocycles. The molecular weight excluding hydrogens is 140 g/mol. The van der Waals surface area contributed by atoms with Gasteiger partial charge in [-0.05, 0) is 6.08 Å². The van der Waals surface area contributed by atoms with E-state index in [1.807, 2.05) is 0 Å². The maximum atomic E-state index is 4.08. The highest BCUT2D eigenvalue weighted by Crippen LogP contribution is 2.12. The van der Waals surface area contributed by atoms with Gasteiger partial charge in [0, 0.05) is 6.21 Å². The first-order chi connectivity index (χ1) is 3.80. The van der Waals surface area contributed by atoms with Gasteiger partial charge in [0.1, 0.15) is 6.67 Å². The van der Waals surface area contributed by atoms with Crippen LogP contribution in [0.3, 0.4) is 0 Å². The lowest BCUT2D eigenvalue weighted by Gasteiger charge is -2.15. The summed E-state index contributed by atoms with van der Waals surface area (Å²) in [4.78, 5) is 3.91. The third-order valence-electron chi connectivity index (χ3n) is 0.809. The molecule has 1 heterocycles. The smallest absolute Gasteiger partial charge is 0.120 e. The van der Waals surface area contributed by atoms with Crippen molar-refractivity contribution in [2.75, 3.05) is 6.67 Å². The van der Waals surface area contributed by atoms with Crippen molar-refractivity contribution in [1.82, 2.24) is 4.31 Å². The summed E-state index contributed by atoms with van der Waals surface area (Å²) in [5.41, 5.74) is 0. The zero-order valence-electron chi connectivity index (χ0n) is 4.15. The first-order valence-electron chi connectivity index (χ1n) is 2.16. The van der Waals surface area contributed by atoms with Crippen molar-refractivity contribution >= 4 is 31.7 Å². The predicted octanol–water partition coefficient (Wildman–Crippen LogP) is 0.946. The molecule has 44 valence electrons. The average Bonchev–Trinajstić information content (AvgIpc) is 1.77. The van der Waals surface area contributed by atoms with Gasteiger partial charge in [-0.15, -0.1) is 12.6 Å². The van der Waals surface area contributed by atoms with E-state index in [2.05, 4.69) is 30.4 Å². The quantitative estimate of drug-likeness (QED) is 0.486. The molecule has 0 amide bonds. The Bertz CT molecular complexity index is 141. The molecule has 0 saturated carbocycles. The molecule has 0 unspecified atom stereocenters. The molecule has 0 saturated heterocycles. The van der Waals surface area contributed by atoms with E-state index in [1.54, 1.807) is 16.6 Å². The molecule has 0 aliphatic carbocycles. The van der Waals surface area contributed by atoms with Crippen molar-refractivity contribution < 1.29 is 0 Å². The van der Waals surface area contributed by atoms with Crippen LogP contribution in [0.5, 0.6) is 0 Å². The number of aliphatic imine (C=N–C) groups is 1. The molecule has 0 spiro atoms. The predicted molar refractivity (Wildman–Crippen MR) is 41.3 cm³/mol. The van der Waals surface area contributed by atoms with Gasteiger partial charge in [0.15, 0.2) is 0 Å². The fourth-order valence-electron chi connectivity index (χ4n) is 0.402. The minimum Gasteiger partial charge on any atom is -0.292 e. The molecule has 0 bridgehead atoms. The van der Waals surface area contributed by atoms with Gasteiger partial charge in [0.25, 0.3) is 0 Å². The third-order valence-corrected chi connectivity index (χ3v) is 1.70. The number of hydrogen-bond acceptors (Lipinski definition) is 4. The van der Waals surface area contributed by atoms with E-state index in [0.29, 0.717) is 6.67 Å². The molecule has 1 aliphatic rings. The van der Waals surface area contributed by atoms with Gasteiger partial charge in [-0.25, -0.2) is 0 Å². The Hall–Kier alpha value is -0.0900. The van der Waals surface area contributed by atoms with Crippen molar-refractivity contribution in [3.63, 3.8) is 0 Å². The molecule has 0 aromatic carbocycles. The molecule has 0 radical (unpaired) electrons. The highest BCUT2D eigenvalue weighted by Gasteiger charge is 1.99. The van der Waals surface area contributed by atoms with E-state index in [9.17, 15) is 0 Å². The summed E-state index contributed by atoms with van der Waals surface area (Å²) in [5.74, 6) is 0. The van der Waals surface area contributed by atoms with Crippen LogP contribution in [0.25, 0.3) is 0 Å². The molecule has 0 fully saturated rings. The van der Waals surface area contributed by atoms with Gasteiger partial charge >= 0.3 is 0 Å².